The highest BCUT2D eigenvalue weighted by Crippen LogP contribution is 2.25. The molecule has 1 aromatic carbocycles. The van der Waals surface area contributed by atoms with Gasteiger partial charge in [0, 0.05) is 6.07 Å². The van der Waals surface area contributed by atoms with Crippen molar-refractivity contribution in [3.8, 4) is 5.75 Å². The van der Waals surface area contributed by atoms with E-state index in [1.807, 2.05) is 0 Å². The standard InChI is InChI=1S/C12H15F2NO/c1-16-11-6-10(13)5-9(12(11)14)4-8-2-3-15-7-8/h5-6,8,15H,2-4,7H2,1H3. The number of halogens is 2. The molecule has 1 aromatic rings. The molecule has 1 N–H and O–H groups in total. The molecule has 0 saturated carbocycles. The van der Waals surface area contributed by atoms with Crippen molar-refractivity contribution in [2.24, 2.45) is 5.92 Å². The average Bonchev–Trinajstić information content (AvgIpc) is 2.75. The summed E-state index contributed by atoms with van der Waals surface area (Å²) in [6.45, 7) is 1.83. The van der Waals surface area contributed by atoms with Crippen LogP contribution in [0.15, 0.2) is 12.1 Å². The van der Waals surface area contributed by atoms with Crippen molar-refractivity contribution in [3.63, 3.8) is 0 Å². The second-order valence-electron chi connectivity index (χ2n) is 4.14. The van der Waals surface area contributed by atoms with E-state index in [1.165, 1.54) is 13.2 Å². The zero-order chi connectivity index (χ0) is 11.5. The number of ether oxygens (including phenoxy) is 1. The van der Waals surface area contributed by atoms with E-state index in [1.54, 1.807) is 0 Å². The minimum absolute atomic E-state index is 0.0130. The Morgan fingerprint density at radius 1 is 1.44 bits per heavy atom. The van der Waals surface area contributed by atoms with Gasteiger partial charge in [-0.25, -0.2) is 8.78 Å². The van der Waals surface area contributed by atoms with Crippen LogP contribution in [-0.2, 0) is 6.42 Å². The summed E-state index contributed by atoms with van der Waals surface area (Å²) >= 11 is 0. The van der Waals surface area contributed by atoms with Gasteiger partial charge in [-0.3, -0.25) is 0 Å². The highest BCUT2D eigenvalue weighted by Gasteiger charge is 2.19. The van der Waals surface area contributed by atoms with Crippen molar-refractivity contribution in [1.29, 1.82) is 0 Å². The van der Waals surface area contributed by atoms with Crippen LogP contribution in [0, 0.1) is 17.6 Å². The van der Waals surface area contributed by atoms with Crippen molar-refractivity contribution in [2.75, 3.05) is 20.2 Å². The third kappa shape index (κ3) is 2.32. The van der Waals surface area contributed by atoms with Gasteiger partial charge in [-0.15, -0.1) is 0 Å². The van der Waals surface area contributed by atoms with E-state index in [2.05, 4.69) is 5.32 Å². The van der Waals surface area contributed by atoms with Gasteiger partial charge in [0.25, 0.3) is 0 Å². The molecule has 1 aliphatic rings. The Hall–Kier alpha value is -1.16. The predicted octanol–water partition coefficient (Wildman–Crippen LogP) is 2.13. The molecule has 0 radical (unpaired) electrons. The summed E-state index contributed by atoms with van der Waals surface area (Å²) in [6, 6.07) is 2.34. The quantitative estimate of drug-likeness (QED) is 0.854. The summed E-state index contributed by atoms with van der Waals surface area (Å²) in [7, 11) is 1.35. The van der Waals surface area contributed by atoms with Gasteiger partial charge in [-0.05, 0) is 43.5 Å². The summed E-state index contributed by atoms with van der Waals surface area (Å²) in [6.07, 6.45) is 1.57. The summed E-state index contributed by atoms with van der Waals surface area (Å²) in [5.74, 6) is -0.503. The first kappa shape index (κ1) is 11.3. The van der Waals surface area contributed by atoms with E-state index in [9.17, 15) is 8.78 Å². The normalized spacial score (nSPS) is 20.1. The molecule has 88 valence electrons. The van der Waals surface area contributed by atoms with Crippen molar-refractivity contribution >= 4 is 0 Å². The maximum Gasteiger partial charge on any atom is 0.168 e. The molecule has 2 nitrogen and oxygen atoms in total. The summed E-state index contributed by atoms with van der Waals surface area (Å²) in [4.78, 5) is 0. The van der Waals surface area contributed by atoms with Gasteiger partial charge in [-0.2, -0.15) is 0 Å². The molecule has 0 spiro atoms. The smallest absolute Gasteiger partial charge is 0.168 e. The van der Waals surface area contributed by atoms with Crippen LogP contribution in [0.4, 0.5) is 8.78 Å². The number of hydrogen-bond donors (Lipinski definition) is 1. The van der Waals surface area contributed by atoms with E-state index in [0.717, 1.165) is 25.6 Å². The largest absolute Gasteiger partial charge is 0.494 e. The van der Waals surface area contributed by atoms with Crippen LogP contribution < -0.4 is 10.1 Å². The molecular weight excluding hydrogens is 212 g/mol. The predicted molar refractivity (Wildman–Crippen MR) is 57.6 cm³/mol. The van der Waals surface area contributed by atoms with Gasteiger partial charge >= 0.3 is 0 Å². The lowest BCUT2D eigenvalue weighted by Crippen LogP contribution is -2.11. The first-order valence-electron chi connectivity index (χ1n) is 5.43. The summed E-state index contributed by atoms with van der Waals surface area (Å²) < 4.78 is 31.8. The number of benzene rings is 1. The molecule has 1 aliphatic heterocycles. The fourth-order valence-electron chi connectivity index (χ4n) is 2.12. The molecule has 0 aromatic heterocycles. The maximum atomic E-state index is 13.8. The maximum absolute atomic E-state index is 13.8. The third-order valence-corrected chi connectivity index (χ3v) is 2.97. The number of nitrogens with one attached hydrogen (secondary N) is 1. The first-order valence-corrected chi connectivity index (χ1v) is 5.43. The van der Waals surface area contributed by atoms with Crippen LogP contribution in [0.3, 0.4) is 0 Å². The molecule has 1 saturated heterocycles. The number of rotatable bonds is 3. The van der Waals surface area contributed by atoms with Crippen molar-refractivity contribution in [2.45, 2.75) is 12.8 Å². The molecule has 1 heterocycles. The topological polar surface area (TPSA) is 21.3 Å². The second-order valence-corrected chi connectivity index (χ2v) is 4.14. The first-order chi connectivity index (χ1) is 7.70. The molecule has 1 unspecified atom stereocenters. The fraction of sp³-hybridized carbons (Fsp3) is 0.500. The van der Waals surface area contributed by atoms with Crippen molar-refractivity contribution in [3.05, 3.63) is 29.3 Å². The van der Waals surface area contributed by atoms with Crippen LogP contribution in [0.2, 0.25) is 0 Å². The second kappa shape index (κ2) is 4.78. The molecule has 0 aliphatic carbocycles. The van der Waals surface area contributed by atoms with Crippen LogP contribution in [0.1, 0.15) is 12.0 Å². The highest BCUT2D eigenvalue weighted by atomic mass is 19.1. The molecule has 2 rings (SSSR count). The van der Waals surface area contributed by atoms with Gasteiger partial charge in [-0.1, -0.05) is 0 Å². The highest BCUT2D eigenvalue weighted by molar-refractivity contribution is 5.32. The van der Waals surface area contributed by atoms with Gasteiger partial charge < -0.3 is 10.1 Å². The zero-order valence-electron chi connectivity index (χ0n) is 9.22. The minimum atomic E-state index is -0.445. The average molecular weight is 227 g/mol. The Balaban J connectivity index is 2.21. The lowest BCUT2D eigenvalue weighted by Gasteiger charge is -2.11. The van der Waals surface area contributed by atoms with E-state index in [0.29, 0.717) is 17.9 Å². The van der Waals surface area contributed by atoms with E-state index < -0.39 is 11.6 Å². The minimum Gasteiger partial charge on any atom is -0.494 e. The lowest BCUT2D eigenvalue weighted by atomic mass is 9.98. The Labute approximate surface area is 93.6 Å². The monoisotopic (exact) mass is 227 g/mol. The Bertz CT molecular complexity index is 376. The Morgan fingerprint density at radius 3 is 2.88 bits per heavy atom. The van der Waals surface area contributed by atoms with Crippen LogP contribution in [-0.4, -0.2) is 20.2 Å². The molecule has 0 amide bonds. The van der Waals surface area contributed by atoms with Gasteiger partial charge in [0.05, 0.1) is 7.11 Å². The summed E-state index contributed by atoms with van der Waals surface area (Å²) in [5, 5.41) is 3.21. The number of hydrogen-bond acceptors (Lipinski definition) is 2. The molecule has 0 bridgehead atoms. The lowest BCUT2D eigenvalue weighted by molar-refractivity contribution is 0.378. The Kier molecular flexibility index (Phi) is 3.39. The van der Waals surface area contributed by atoms with Crippen LogP contribution >= 0.6 is 0 Å². The van der Waals surface area contributed by atoms with E-state index in [-0.39, 0.29) is 5.75 Å². The Morgan fingerprint density at radius 2 is 2.25 bits per heavy atom. The van der Waals surface area contributed by atoms with Gasteiger partial charge in [0.1, 0.15) is 5.82 Å². The third-order valence-electron chi connectivity index (χ3n) is 2.97. The summed E-state index contributed by atoms with van der Waals surface area (Å²) in [5.41, 5.74) is 0.408. The zero-order valence-corrected chi connectivity index (χ0v) is 9.22. The van der Waals surface area contributed by atoms with E-state index >= 15 is 0 Å². The molecular formula is C12H15F2NO. The van der Waals surface area contributed by atoms with Crippen molar-refractivity contribution in [1.82, 2.24) is 5.32 Å². The molecule has 1 fully saturated rings. The van der Waals surface area contributed by atoms with Crippen molar-refractivity contribution < 1.29 is 13.5 Å². The number of methoxy groups -OCH3 is 1. The molecule has 16 heavy (non-hydrogen) atoms. The van der Waals surface area contributed by atoms with Gasteiger partial charge in [0.15, 0.2) is 11.6 Å². The van der Waals surface area contributed by atoms with Crippen LogP contribution in [0.5, 0.6) is 5.75 Å². The SMILES string of the molecule is COc1cc(F)cc(CC2CCNC2)c1F. The van der Waals surface area contributed by atoms with Crippen LogP contribution in [0.25, 0.3) is 0 Å². The van der Waals surface area contributed by atoms with Gasteiger partial charge in [0.2, 0.25) is 0 Å². The fourth-order valence-corrected chi connectivity index (χ4v) is 2.12. The molecule has 1 atom stereocenters. The molecule has 4 heteroatoms. The van der Waals surface area contributed by atoms with E-state index in [4.69, 9.17) is 4.74 Å².